The number of nitrogens with one attached hydrogen (secondary N) is 1. The molecule has 0 aliphatic rings. The van der Waals surface area contributed by atoms with Gasteiger partial charge in [0.05, 0.1) is 0 Å². The lowest BCUT2D eigenvalue weighted by Crippen LogP contribution is -2.27. The standard InChI is InChI=1S/C12H16N2O3S/c1-8(15)18-9-5-6-10(13-7-9)14-11(16)17-12(2,3)4/h5-7H,1-4H3,(H,13,14,16). The topological polar surface area (TPSA) is 68.3 Å². The minimum atomic E-state index is -0.554. The Hall–Kier alpha value is -1.56. The number of pyridine rings is 1. The highest BCUT2D eigenvalue weighted by Crippen LogP contribution is 2.19. The van der Waals surface area contributed by atoms with Gasteiger partial charge in [-0.2, -0.15) is 0 Å². The molecule has 1 amide bonds. The number of ether oxygens (including phenoxy) is 1. The molecule has 0 unspecified atom stereocenters. The van der Waals surface area contributed by atoms with Crippen LogP contribution in [0.2, 0.25) is 0 Å². The first-order valence-corrected chi connectivity index (χ1v) is 6.22. The van der Waals surface area contributed by atoms with Crippen LogP contribution in [0.15, 0.2) is 23.2 Å². The molecule has 0 aliphatic carbocycles. The number of aromatic nitrogens is 1. The van der Waals surface area contributed by atoms with Crippen molar-refractivity contribution in [3.05, 3.63) is 18.3 Å². The molecule has 0 aliphatic heterocycles. The second kappa shape index (κ2) is 5.86. The Bertz CT molecular complexity index is 438. The summed E-state index contributed by atoms with van der Waals surface area (Å²) < 4.78 is 5.09. The number of hydrogen-bond donors (Lipinski definition) is 1. The van der Waals surface area contributed by atoms with E-state index in [1.54, 1.807) is 32.9 Å². The Morgan fingerprint density at radius 1 is 1.33 bits per heavy atom. The summed E-state index contributed by atoms with van der Waals surface area (Å²) in [6.45, 7) is 6.84. The molecule has 5 nitrogen and oxygen atoms in total. The summed E-state index contributed by atoms with van der Waals surface area (Å²) in [7, 11) is 0. The van der Waals surface area contributed by atoms with Crippen molar-refractivity contribution in [3.8, 4) is 0 Å². The monoisotopic (exact) mass is 268 g/mol. The molecule has 0 saturated carbocycles. The maximum atomic E-state index is 11.5. The van der Waals surface area contributed by atoms with E-state index in [0.717, 1.165) is 16.7 Å². The first-order valence-electron chi connectivity index (χ1n) is 5.41. The second-order valence-electron chi connectivity index (χ2n) is 4.60. The van der Waals surface area contributed by atoms with Crippen LogP contribution in [-0.2, 0) is 9.53 Å². The van der Waals surface area contributed by atoms with Gasteiger partial charge >= 0.3 is 6.09 Å². The number of nitrogens with zero attached hydrogens (tertiary/aromatic N) is 1. The van der Waals surface area contributed by atoms with Crippen molar-refractivity contribution in [2.45, 2.75) is 38.2 Å². The largest absolute Gasteiger partial charge is 0.444 e. The third-order valence-corrected chi connectivity index (χ3v) is 2.39. The third-order valence-electron chi connectivity index (χ3n) is 1.63. The molecular weight excluding hydrogens is 252 g/mol. The van der Waals surface area contributed by atoms with E-state index >= 15 is 0 Å². The van der Waals surface area contributed by atoms with E-state index < -0.39 is 11.7 Å². The molecule has 6 heteroatoms. The molecular formula is C12H16N2O3S. The molecule has 0 atom stereocenters. The average Bonchev–Trinajstić information content (AvgIpc) is 2.17. The maximum absolute atomic E-state index is 11.5. The van der Waals surface area contributed by atoms with Crippen LogP contribution in [0.4, 0.5) is 10.6 Å². The summed E-state index contributed by atoms with van der Waals surface area (Å²) in [5, 5.41) is 2.50. The molecule has 0 radical (unpaired) electrons. The molecule has 0 bridgehead atoms. The summed E-state index contributed by atoms with van der Waals surface area (Å²) >= 11 is 1.09. The van der Waals surface area contributed by atoms with E-state index in [4.69, 9.17) is 4.74 Å². The minimum absolute atomic E-state index is 0.00958. The molecule has 1 aromatic heterocycles. The predicted octanol–water partition coefficient (Wildman–Crippen LogP) is 3.07. The minimum Gasteiger partial charge on any atom is -0.444 e. The molecule has 0 saturated heterocycles. The molecule has 1 rings (SSSR count). The average molecular weight is 268 g/mol. The summed E-state index contributed by atoms with van der Waals surface area (Å²) in [6, 6.07) is 3.33. The van der Waals surface area contributed by atoms with E-state index in [9.17, 15) is 9.59 Å². The smallest absolute Gasteiger partial charge is 0.413 e. The molecule has 0 aromatic carbocycles. The van der Waals surface area contributed by atoms with Crippen molar-refractivity contribution in [1.82, 2.24) is 4.98 Å². The highest BCUT2D eigenvalue weighted by atomic mass is 32.2. The van der Waals surface area contributed by atoms with Crippen LogP contribution < -0.4 is 5.32 Å². The Morgan fingerprint density at radius 2 is 2.00 bits per heavy atom. The van der Waals surface area contributed by atoms with Gasteiger partial charge < -0.3 is 4.74 Å². The lowest BCUT2D eigenvalue weighted by Gasteiger charge is -2.19. The normalized spacial score (nSPS) is 10.9. The van der Waals surface area contributed by atoms with Crippen LogP contribution in [0.5, 0.6) is 0 Å². The number of carbonyl (C=O) groups is 2. The zero-order chi connectivity index (χ0) is 13.8. The zero-order valence-corrected chi connectivity index (χ0v) is 11.6. The van der Waals surface area contributed by atoms with E-state index in [0.29, 0.717) is 5.82 Å². The van der Waals surface area contributed by atoms with E-state index in [2.05, 4.69) is 10.3 Å². The quantitative estimate of drug-likeness (QED) is 0.835. The van der Waals surface area contributed by atoms with Crippen molar-refractivity contribution in [2.24, 2.45) is 0 Å². The zero-order valence-electron chi connectivity index (χ0n) is 10.8. The van der Waals surface area contributed by atoms with Crippen LogP contribution in [0, 0.1) is 0 Å². The highest BCUT2D eigenvalue weighted by molar-refractivity contribution is 8.13. The number of carbonyl (C=O) groups excluding carboxylic acids is 2. The van der Waals surface area contributed by atoms with Gasteiger partial charge in [-0.05, 0) is 32.9 Å². The van der Waals surface area contributed by atoms with Gasteiger partial charge in [-0.15, -0.1) is 0 Å². The van der Waals surface area contributed by atoms with Gasteiger partial charge in [0.2, 0.25) is 0 Å². The maximum Gasteiger partial charge on any atom is 0.413 e. The second-order valence-corrected chi connectivity index (χ2v) is 5.85. The van der Waals surface area contributed by atoms with Crippen molar-refractivity contribution in [3.63, 3.8) is 0 Å². The summed E-state index contributed by atoms with van der Waals surface area (Å²) in [4.78, 5) is 27.1. The first kappa shape index (κ1) is 14.5. The Labute approximate surface area is 110 Å². The molecule has 1 heterocycles. The number of amides is 1. The lowest BCUT2D eigenvalue weighted by molar-refractivity contribution is -0.109. The van der Waals surface area contributed by atoms with Crippen molar-refractivity contribution in [2.75, 3.05) is 5.32 Å². The Kier molecular flexibility index (Phi) is 4.72. The van der Waals surface area contributed by atoms with Gasteiger partial charge in [0.1, 0.15) is 11.4 Å². The van der Waals surface area contributed by atoms with Crippen molar-refractivity contribution in [1.29, 1.82) is 0 Å². The van der Waals surface area contributed by atoms with Crippen LogP contribution in [0.25, 0.3) is 0 Å². The fourth-order valence-corrected chi connectivity index (χ4v) is 1.66. The number of rotatable bonds is 2. The SMILES string of the molecule is CC(=O)Sc1ccc(NC(=O)OC(C)(C)C)nc1. The highest BCUT2D eigenvalue weighted by Gasteiger charge is 2.16. The van der Waals surface area contributed by atoms with Gasteiger partial charge in [-0.1, -0.05) is 11.8 Å². The molecule has 0 fully saturated rings. The molecule has 1 N–H and O–H groups in total. The summed E-state index contributed by atoms with van der Waals surface area (Å²) in [6.07, 6.45) is 0.973. The van der Waals surface area contributed by atoms with Gasteiger partial charge in [0.15, 0.2) is 5.12 Å². The Morgan fingerprint density at radius 3 is 2.44 bits per heavy atom. The van der Waals surface area contributed by atoms with Crippen LogP contribution in [0.3, 0.4) is 0 Å². The number of thioether (sulfide) groups is 1. The molecule has 18 heavy (non-hydrogen) atoms. The van der Waals surface area contributed by atoms with Crippen molar-refractivity contribution < 1.29 is 14.3 Å². The van der Waals surface area contributed by atoms with Gasteiger partial charge in [0, 0.05) is 18.0 Å². The fourth-order valence-electron chi connectivity index (χ4n) is 1.09. The van der Waals surface area contributed by atoms with Crippen LogP contribution in [0.1, 0.15) is 27.7 Å². The van der Waals surface area contributed by atoms with Gasteiger partial charge in [-0.25, -0.2) is 9.78 Å². The third kappa shape index (κ3) is 5.67. The van der Waals surface area contributed by atoms with Gasteiger partial charge in [-0.3, -0.25) is 10.1 Å². The lowest BCUT2D eigenvalue weighted by atomic mass is 10.2. The molecule has 1 aromatic rings. The fraction of sp³-hybridized carbons (Fsp3) is 0.417. The number of hydrogen-bond acceptors (Lipinski definition) is 5. The predicted molar refractivity (Wildman–Crippen MR) is 70.6 cm³/mol. The number of anilines is 1. The summed E-state index contributed by atoms with van der Waals surface area (Å²) in [5.74, 6) is 0.386. The van der Waals surface area contributed by atoms with E-state index in [1.165, 1.54) is 13.1 Å². The van der Waals surface area contributed by atoms with E-state index in [-0.39, 0.29) is 5.12 Å². The van der Waals surface area contributed by atoms with Gasteiger partial charge in [0.25, 0.3) is 0 Å². The molecule has 0 spiro atoms. The van der Waals surface area contributed by atoms with Crippen LogP contribution in [-0.4, -0.2) is 21.8 Å². The van der Waals surface area contributed by atoms with E-state index in [1.807, 2.05) is 0 Å². The van der Waals surface area contributed by atoms with Crippen LogP contribution >= 0.6 is 11.8 Å². The molecule has 98 valence electrons. The van der Waals surface area contributed by atoms with Crippen molar-refractivity contribution >= 4 is 28.8 Å². The first-order chi connectivity index (χ1) is 8.26. The Balaban J connectivity index is 2.58. The summed E-state index contributed by atoms with van der Waals surface area (Å²) in [5.41, 5.74) is -0.547.